The highest BCUT2D eigenvalue weighted by molar-refractivity contribution is 5.61. The van der Waals surface area contributed by atoms with E-state index in [4.69, 9.17) is 0 Å². The zero-order chi connectivity index (χ0) is 16.1. The van der Waals surface area contributed by atoms with Crippen LogP contribution >= 0.6 is 0 Å². The van der Waals surface area contributed by atoms with Crippen LogP contribution in [0.4, 0.5) is 11.4 Å². The standard InChI is InChI=1S/C22H27N2.H2O/c1-23(20-5-3-2-4-6-20)21-7-9-24(10-8-21)22-14-17-11-18(15-22)13-19(12-17)16-22;/h2-10,17-19H,11-16H2,1H3;1H2/q+1;/p-1. The number of pyridine rings is 1. The highest BCUT2D eigenvalue weighted by atomic mass is 16.0. The van der Waals surface area contributed by atoms with Crippen LogP contribution < -0.4 is 9.47 Å². The van der Waals surface area contributed by atoms with Gasteiger partial charge in [0.15, 0.2) is 17.9 Å². The molecule has 25 heavy (non-hydrogen) atoms. The van der Waals surface area contributed by atoms with Crippen molar-refractivity contribution in [3.05, 3.63) is 54.9 Å². The summed E-state index contributed by atoms with van der Waals surface area (Å²) in [4.78, 5) is 2.27. The van der Waals surface area contributed by atoms with E-state index in [0.717, 1.165) is 17.8 Å². The molecule has 2 aromatic rings. The molecule has 0 atom stereocenters. The van der Waals surface area contributed by atoms with Crippen LogP contribution in [0.15, 0.2) is 54.9 Å². The van der Waals surface area contributed by atoms with Gasteiger partial charge in [-0.1, -0.05) is 18.2 Å². The molecule has 4 aliphatic rings. The van der Waals surface area contributed by atoms with E-state index in [-0.39, 0.29) is 5.48 Å². The smallest absolute Gasteiger partial charge is 0.171 e. The Bertz CT molecular complexity index is 690. The second-order valence-corrected chi connectivity index (χ2v) is 8.50. The van der Waals surface area contributed by atoms with Gasteiger partial charge in [-0.15, -0.1) is 0 Å². The van der Waals surface area contributed by atoms with Gasteiger partial charge in [0.1, 0.15) is 0 Å². The minimum Gasteiger partial charge on any atom is -0.870 e. The Balaban J connectivity index is 0.00000157. The number of para-hydroxylation sites is 1. The van der Waals surface area contributed by atoms with Crippen LogP contribution in [0.1, 0.15) is 38.5 Å². The molecule has 0 saturated heterocycles. The van der Waals surface area contributed by atoms with Crippen LogP contribution in [0.2, 0.25) is 0 Å². The van der Waals surface area contributed by atoms with Gasteiger partial charge in [0.25, 0.3) is 0 Å². The Labute approximate surface area is 150 Å². The number of rotatable bonds is 3. The molecule has 6 rings (SSSR count). The molecule has 1 aromatic carbocycles. The van der Waals surface area contributed by atoms with E-state index in [1.165, 1.54) is 49.9 Å². The fraction of sp³-hybridized carbons (Fsp3) is 0.500. The lowest BCUT2D eigenvalue weighted by molar-refractivity contribution is -0.776. The molecule has 4 fully saturated rings. The van der Waals surface area contributed by atoms with E-state index in [0.29, 0.717) is 5.54 Å². The molecule has 0 radical (unpaired) electrons. The highest BCUT2D eigenvalue weighted by Crippen LogP contribution is 2.56. The summed E-state index contributed by atoms with van der Waals surface area (Å²) < 4.78 is 2.57. The second-order valence-electron chi connectivity index (χ2n) is 8.50. The minimum absolute atomic E-state index is 0. The fourth-order valence-electron chi connectivity index (χ4n) is 6.14. The Morgan fingerprint density at radius 3 is 1.80 bits per heavy atom. The number of nitrogens with zero attached hydrogens (tertiary/aromatic N) is 2. The third kappa shape index (κ3) is 2.75. The Morgan fingerprint density at radius 2 is 1.28 bits per heavy atom. The topological polar surface area (TPSA) is 37.1 Å². The number of anilines is 2. The first-order valence-corrected chi connectivity index (χ1v) is 9.52. The van der Waals surface area contributed by atoms with Crippen molar-refractivity contribution in [2.24, 2.45) is 17.8 Å². The van der Waals surface area contributed by atoms with E-state index in [9.17, 15) is 0 Å². The van der Waals surface area contributed by atoms with Gasteiger partial charge < -0.3 is 10.4 Å². The molecule has 4 aliphatic carbocycles. The Morgan fingerprint density at radius 1 is 0.800 bits per heavy atom. The highest BCUT2D eigenvalue weighted by Gasteiger charge is 2.56. The molecule has 0 spiro atoms. The largest absolute Gasteiger partial charge is 0.870 e. The third-order valence-electron chi connectivity index (χ3n) is 6.90. The van der Waals surface area contributed by atoms with Crippen molar-refractivity contribution in [2.45, 2.75) is 44.1 Å². The van der Waals surface area contributed by atoms with E-state index in [2.05, 4.69) is 71.4 Å². The second kappa shape index (κ2) is 6.14. The summed E-state index contributed by atoms with van der Waals surface area (Å²) >= 11 is 0. The van der Waals surface area contributed by atoms with Gasteiger partial charge in [-0.25, -0.2) is 0 Å². The number of hydrogen-bond acceptors (Lipinski definition) is 2. The molecular formula is C22H28N2O. The monoisotopic (exact) mass is 336 g/mol. The molecule has 4 saturated carbocycles. The molecule has 1 N–H and O–H groups in total. The molecule has 4 bridgehead atoms. The Hall–Kier alpha value is -1.87. The van der Waals surface area contributed by atoms with Gasteiger partial charge >= 0.3 is 0 Å². The maximum atomic E-state index is 2.57. The van der Waals surface area contributed by atoms with Crippen molar-refractivity contribution in [3.8, 4) is 0 Å². The molecule has 132 valence electrons. The Kier molecular flexibility index (Phi) is 4.07. The van der Waals surface area contributed by atoms with Crippen LogP contribution in [0.25, 0.3) is 0 Å². The van der Waals surface area contributed by atoms with Crippen LogP contribution in [0.3, 0.4) is 0 Å². The predicted octanol–water partition coefficient (Wildman–Crippen LogP) is 4.49. The zero-order valence-corrected chi connectivity index (χ0v) is 15.0. The summed E-state index contributed by atoms with van der Waals surface area (Å²) in [7, 11) is 2.15. The fourth-order valence-corrected chi connectivity index (χ4v) is 6.14. The van der Waals surface area contributed by atoms with Crippen LogP contribution in [0.5, 0.6) is 0 Å². The van der Waals surface area contributed by atoms with Gasteiger partial charge in [0.05, 0.1) is 5.69 Å². The summed E-state index contributed by atoms with van der Waals surface area (Å²) in [6.45, 7) is 0. The third-order valence-corrected chi connectivity index (χ3v) is 6.90. The van der Waals surface area contributed by atoms with Crippen molar-refractivity contribution >= 4 is 11.4 Å². The molecular weight excluding hydrogens is 308 g/mol. The normalized spacial score (nSPS) is 32.3. The van der Waals surface area contributed by atoms with Crippen molar-refractivity contribution in [2.75, 3.05) is 11.9 Å². The maximum absolute atomic E-state index is 2.57. The van der Waals surface area contributed by atoms with Gasteiger partial charge in [-0.3, -0.25) is 0 Å². The lowest BCUT2D eigenvalue weighted by Crippen LogP contribution is -2.64. The van der Waals surface area contributed by atoms with Crippen molar-refractivity contribution in [3.63, 3.8) is 0 Å². The molecule has 3 nitrogen and oxygen atoms in total. The first-order valence-electron chi connectivity index (χ1n) is 9.52. The molecule has 3 heteroatoms. The van der Waals surface area contributed by atoms with E-state index in [1.807, 2.05) is 0 Å². The maximum Gasteiger partial charge on any atom is 0.171 e. The molecule has 0 unspecified atom stereocenters. The van der Waals surface area contributed by atoms with Crippen LogP contribution in [-0.2, 0) is 5.54 Å². The average Bonchev–Trinajstić information content (AvgIpc) is 2.61. The summed E-state index contributed by atoms with van der Waals surface area (Å²) in [5.41, 5.74) is 2.94. The van der Waals surface area contributed by atoms with Gasteiger partial charge in [0, 0.05) is 44.1 Å². The summed E-state index contributed by atoms with van der Waals surface area (Å²) in [5.74, 6) is 2.99. The van der Waals surface area contributed by atoms with E-state index >= 15 is 0 Å². The van der Waals surface area contributed by atoms with Gasteiger partial charge in [-0.05, 0) is 49.1 Å². The molecule has 1 heterocycles. The lowest BCUT2D eigenvalue weighted by atomic mass is 9.53. The first kappa shape index (κ1) is 16.6. The average molecular weight is 336 g/mol. The van der Waals surface area contributed by atoms with E-state index < -0.39 is 0 Å². The quantitative estimate of drug-likeness (QED) is 0.774. The van der Waals surface area contributed by atoms with Crippen molar-refractivity contribution in [1.29, 1.82) is 0 Å². The van der Waals surface area contributed by atoms with Crippen molar-refractivity contribution in [1.82, 2.24) is 0 Å². The van der Waals surface area contributed by atoms with Crippen molar-refractivity contribution < 1.29 is 10.0 Å². The summed E-state index contributed by atoms with van der Waals surface area (Å²) in [6.07, 6.45) is 13.5. The number of hydrogen-bond donors (Lipinski definition) is 0. The molecule has 0 amide bonds. The number of aromatic nitrogens is 1. The number of benzene rings is 1. The van der Waals surface area contributed by atoms with Gasteiger partial charge in [0.2, 0.25) is 0 Å². The first-order chi connectivity index (χ1) is 11.7. The zero-order valence-electron chi connectivity index (χ0n) is 15.0. The van der Waals surface area contributed by atoms with Crippen LogP contribution in [0, 0.1) is 17.8 Å². The lowest BCUT2D eigenvalue weighted by Gasteiger charge is -2.53. The summed E-state index contributed by atoms with van der Waals surface area (Å²) in [5, 5.41) is 0. The minimum atomic E-state index is 0. The SMILES string of the molecule is CN(c1ccccc1)c1cc[n+](C23CC4CC(CC(C4)C2)C3)cc1.[OH-]. The molecule has 1 aromatic heterocycles. The summed E-state index contributed by atoms with van der Waals surface area (Å²) in [6, 6.07) is 15.2. The van der Waals surface area contributed by atoms with Gasteiger partial charge in [-0.2, -0.15) is 4.57 Å². The molecule has 0 aliphatic heterocycles. The van der Waals surface area contributed by atoms with E-state index in [1.54, 1.807) is 0 Å². The van der Waals surface area contributed by atoms with Crippen LogP contribution in [-0.4, -0.2) is 12.5 Å². The predicted molar refractivity (Wildman–Crippen MR) is 99.2 cm³/mol.